The van der Waals surface area contributed by atoms with Gasteiger partial charge in [-0.3, -0.25) is 0 Å². The average molecular weight is 300 g/mol. The lowest BCUT2D eigenvalue weighted by Gasteiger charge is -2.05. The van der Waals surface area contributed by atoms with E-state index in [9.17, 15) is 0 Å². The maximum atomic E-state index is 5.90. The largest absolute Gasteiger partial charge is 0.378 e. The Morgan fingerprint density at radius 1 is 1.19 bits per heavy atom. The molecule has 0 fully saturated rings. The van der Waals surface area contributed by atoms with Crippen molar-refractivity contribution in [2.24, 2.45) is 0 Å². The standard InChI is InChI=1S/C15H14ClN5/c1-11-7-12(8-18-15(11)16)17-9-13-10-19-21(20-13)14-5-3-2-4-6-14/h2-8,10,17H,9H2,1H3. The summed E-state index contributed by atoms with van der Waals surface area (Å²) in [5.41, 5.74) is 3.64. The van der Waals surface area contributed by atoms with Crippen molar-refractivity contribution < 1.29 is 0 Å². The van der Waals surface area contributed by atoms with E-state index >= 15 is 0 Å². The Labute approximate surface area is 127 Å². The maximum absolute atomic E-state index is 5.90. The minimum atomic E-state index is 0.524. The smallest absolute Gasteiger partial charge is 0.132 e. The number of nitrogens with zero attached hydrogens (tertiary/aromatic N) is 4. The van der Waals surface area contributed by atoms with Gasteiger partial charge in [-0.1, -0.05) is 29.8 Å². The number of rotatable bonds is 4. The number of nitrogens with one attached hydrogen (secondary N) is 1. The third kappa shape index (κ3) is 3.20. The van der Waals surface area contributed by atoms with Gasteiger partial charge in [-0.05, 0) is 30.7 Å². The average Bonchev–Trinajstić information content (AvgIpc) is 2.98. The molecule has 0 atom stereocenters. The van der Waals surface area contributed by atoms with Crippen LogP contribution in [0.15, 0.2) is 48.8 Å². The number of aromatic nitrogens is 4. The molecule has 2 heterocycles. The van der Waals surface area contributed by atoms with Crippen molar-refractivity contribution in [2.75, 3.05) is 5.32 Å². The van der Waals surface area contributed by atoms with E-state index < -0.39 is 0 Å². The zero-order valence-electron chi connectivity index (χ0n) is 11.5. The van der Waals surface area contributed by atoms with E-state index in [0.29, 0.717) is 11.7 Å². The zero-order valence-corrected chi connectivity index (χ0v) is 12.2. The van der Waals surface area contributed by atoms with Crippen LogP contribution in [0.1, 0.15) is 11.3 Å². The maximum Gasteiger partial charge on any atom is 0.132 e. The predicted octanol–water partition coefficient (Wildman–Crippen LogP) is 3.24. The van der Waals surface area contributed by atoms with Gasteiger partial charge in [0.25, 0.3) is 0 Å². The first-order valence-corrected chi connectivity index (χ1v) is 6.93. The molecule has 0 aliphatic heterocycles. The summed E-state index contributed by atoms with van der Waals surface area (Å²) in [7, 11) is 0. The number of hydrogen-bond donors (Lipinski definition) is 1. The second kappa shape index (κ2) is 5.93. The molecule has 0 radical (unpaired) electrons. The highest BCUT2D eigenvalue weighted by atomic mass is 35.5. The van der Waals surface area contributed by atoms with Gasteiger partial charge in [-0.15, -0.1) is 0 Å². The highest BCUT2D eigenvalue weighted by Gasteiger charge is 2.03. The van der Waals surface area contributed by atoms with Gasteiger partial charge in [0.05, 0.1) is 30.3 Å². The Morgan fingerprint density at radius 3 is 2.76 bits per heavy atom. The van der Waals surface area contributed by atoms with Crippen LogP contribution in [0.2, 0.25) is 5.15 Å². The summed E-state index contributed by atoms with van der Waals surface area (Å²) < 4.78 is 0. The number of benzene rings is 1. The topological polar surface area (TPSA) is 55.6 Å². The molecule has 0 unspecified atom stereocenters. The van der Waals surface area contributed by atoms with Gasteiger partial charge in [0.2, 0.25) is 0 Å². The fraction of sp³-hybridized carbons (Fsp3) is 0.133. The first kappa shape index (κ1) is 13.6. The van der Waals surface area contributed by atoms with Crippen LogP contribution in [0.4, 0.5) is 5.69 Å². The Kier molecular flexibility index (Phi) is 3.83. The van der Waals surface area contributed by atoms with Crippen LogP contribution in [0.5, 0.6) is 0 Å². The van der Waals surface area contributed by atoms with E-state index in [1.165, 1.54) is 0 Å². The molecule has 1 N–H and O–H groups in total. The molecule has 0 saturated heterocycles. The van der Waals surface area contributed by atoms with Crippen molar-refractivity contribution in [3.05, 3.63) is 65.2 Å². The quantitative estimate of drug-likeness (QED) is 0.751. The van der Waals surface area contributed by atoms with E-state index in [4.69, 9.17) is 11.6 Å². The van der Waals surface area contributed by atoms with Gasteiger partial charge in [-0.2, -0.15) is 15.0 Å². The molecule has 6 heteroatoms. The Bertz CT molecular complexity index is 739. The highest BCUT2D eigenvalue weighted by molar-refractivity contribution is 6.30. The Morgan fingerprint density at radius 2 is 2.00 bits per heavy atom. The Hall–Kier alpha value is -2.40. The molecule has 0 aliphatic rings. The summed E-state index contributed by atoms with van der Waals surface area (Å²) in [5.74, 6) is 0. The molecule has 106 valence electrons. The van der Waals surface area contributed by atoms with Gasteiger partial charge in [0, 0.05) is 0 Å². The summed E-state index contributed by atoms with van der Waals surface area (Å²) in [6.07, 6.45) is 3.45. The molecular weight excluding hydrogens is 286 g/mol. The van der Waals surface area contributed by atoms with Crippen LogP contribution in [-0.2, 0) is 6.54 Å². The first-order chi connectivity index (χ1) is 10.2. The molecule has 3 aromatic rings. The van der Waals surface area contributed by atoms with Crippen LogP contribution >= 0.6 is 11.6 Å². The monoisotopic (exact) mass is 299 g/mol. The van der Waals surface area contributed by atoms with Crippen LogP contribution in [-0.4, -0.2) is 20.0 Å². The molecule has 0 aliphatic carbocycles. The summed E-state index contributed by atoms with van der Waals surface area (Å²) >= 11 is 5.90. The van der Waals surface area contributed by atoms with Gasteiger partial charge in [0.15, 0.2) is 0 Å². The van der Waals surface area contributed by atoms with Gasteiger partial charge < -0.3 is 5.32 Å². The van der Waals surface area contributed by atoms with Gasteiger partial charge in [0.1, 0.15) is 10.8 Å². The van der Waals surface area contributed by atoms with Crippen LogP contribution in [0.25, 0.3) is 5.69 Å². The summed E-state index contributed by atoms with van der Waals surface area (Å²) in [6.45, 7) is 2.50. The number of para-hydroxylation sites is 1. The fourth-order valence-electron chi connectivity index (χ4n) is 1.91. The van der Waals surface area contributed by atoms with E-state index in [2.05, 4.69) is 20.5 Å². The molecule has 0 saturated carbocycles. The number of anilines is 1. The SMILES string of the molecule is Cc1cc(NCc2cnn(-c3ccccc3)n2)cnc1Cl. The van der Waals surface area contributed by atoms with Gasteiger partial charge in [-0.25, -0.2) is 4.98 Å². The summed E-state index contributed by atoms with van der Waals surface area (Å²) in [5, 5.41) is 12.5. The van der Waals surface area contributed by atoms with Crippen molar-refractivity contribution >= 4 is 17.3 Å². The van der Waals surface area contributed by atoms with Crippen LogP contribution in [0, 0.1) is 6.92 Å². The second-order valence-electron chi connectivity index (χ2n) is 4.65. The number of halogens is 1. The number of hydrogen-bond acceptors (Lipinski definition) is 4. The second-order valence-corrected chi connectivity index (χ2v) is 5.00. The molecule has 5 nitrogen and oxygen atoms in total. The van der Waals surface area contributed by atoms with Crippen molar-refractivity contribution in [2.45, 2.75) is 13.5 Å². The molecule has 3 rings (SSSR count). The molecule has 0 amide bonds. The zero-order chi connectivity index (χ0) is 14.7. The minimum absolute atomic E-state index is 0.524. The van der Waals surface area contributed by atoms with Crippen molar-refractivity contribution in [1.29, 1.82) is 0 Å². The van der Waals surface area contributed by atoms with Crippen LogP contribution in [0.3, 0.4) is 0 Å². The number of pyridine rings is 1. The molecular formula is C15H14ClN5. The summed E-state index contributed by atoms with van der Waals surface area (Å²) in [6, 6.07) is 11.8. The minimum Gasteiger partial charge on any atom is -0.378 e. The van der Waals surface area contributed by atoms with Crippen LogP contribution < -0.4 is 5.32 Å². The van der Waals surface area contributed by atoms with E-state index in [1.54, 1.807) is 17.2 Å². The van der Waals surface area contributed by atoms with Crippen molar-refractivity contribution in [1.82, 2.24) is 20.0 Å². The normalized spacial score (nSPS) is 10.6. The van der Waals surface area contributed by atoms with Crippen molar-refractivity contribution in [3.8, 4) is 5.69 Å². The van der Waals surface area contributed by atoms with E-state index in [0.717, 1.165) is 22.6 Å². The molecule has 1 aromatic carbocycles. The third-order valence-corrected chi connectivity index (χ3v) is 3.41. The lowest BCUT2D eigenvalue weighted by Crippen LogP contribution is -2.03. The first-order valence-electron chi connectivity index (χ1n) is 6.55. The number of aryl methyl sites for hydroxylation is 1. The Balaban J connectivity index is 1.69. The summed E-state index contributed by atoms with van der Waals surface area (Å²) in [4.78, 5) is 5.72. The molecule has 2 aromatic heterocycles. The predicted molar refractivity (Wildman–Crippen MR) is 82.7 cm³/mol. The van der Waals surface area contributed by atoms with Crippen molar-refractivity contribution in [3.63, 3.8) is 0 Å². The lowest BCUT2D eigenvalue weighted by atomic mass is 10.3. The molecule has 21 heavy (non-hydrogen) atoms. The molecule has 0 bridgehead atoms. The molecule has 0 spiro atoms. The van der Waals surface area contributed by atoms with E-state index in [-0.39, 0.29) is 0 Å². The highest BCUT2D eigenvalue weighted by Crippen LogP contribution is 2.16. The fourth-order valence-corrected chi connectivity index (χ4v) is 2.01. The van der Waals surface area contributed by atoms with E-state index in [1.807, 2.05) is 43.3 Å². The third-order valence-electron chi connectivity index (χ3n) is 3.01. The lowest BCUT2D eigenvalue weighted by molar-refractivity contribution is 0.740. The van der Waals surface area contributed by atoms with Gasteiger partial charge >= 0.3 is 0 Å².